The summed E-state index contributed by atoms with van der Waals surface area (Å²) in [5.41, 5.74) is 4.15. The van der Waals surface area contributed by atoms with E-state index in [-0.39, 0.29) is 11.4 Å². The lowest BCUT2D eigenvalue weighted by molar-refractivity contribution is -0.108. The van der Waals surface area contributed by atoms with E-state index in [0.29, 0.717) is 31.3 Å². The Morgan fingerprint density at radius 3 is 2.50 bits per heavy atom. The largest absolute Gasteiger partial charge is 0.383 e. The molecule has 0 aliphatic carbocycles. The van der Waals surface area contributed by atoms with E-state index >= 15 is 0 Å². The predicted octanol–water partition coefficient (Wildman–Crippen LogP) is 5.14. The SMILES string of the molecule is COCCN(c1ccc(C(C)(C)CC=O)cc1NC(=O)Nc1ccc(C)cc1)C1CCOCC1. The number of anilines is 3. The normalized spacial score (nSPS) is 14.5. The number of rotatable bonds is 10. The summed E-state index contributed by atoms with van der Waals surface area (Å²) in [4.78, 5) is 26.6. The lowest BCUT2D eigenvalue weighted by atomic mass is 9.81. The van der Waals surface area contributed by atoms with Gasteiger partial charge in [0.25, 0.3) is 0 Å². The molecule has 184 valence electrons. The maximum atomic E-state index is 13.0. The molecule has 2 N–H and O–H groups in total. The van der Waals surface area contributed by atoms with Crippen LogP contribution in [0.4, 0.5) is 21.9 Å². The minimum atomic E-state index is -0.347. The van der Waals surface area contributed by atoms with Crippen molar-refractivity contribution in [3.05, 3.63) is 53.6 Å². The number of benzene rings is 2. The molecule has 7 heteroatoms. The Labute approximate surface area is 202 Å². The van der Waals surface area contributed by atoms with Gasteiger partial charge in [-0.1, -0.05) is 37.6 Å². The maximum absolute atomic E-state index is 13.0. The average Bonchev–Trinajstić information content (AvgIpc) is 2.82. The smallest absolute Gasteiger partial charge is 0.323 e. The van der Waals surface area contributed by atoms with E-state index in [1.165, 1.54) is 0 Å². The predicted molar refractivity (Wildman–Crippen MR) is 137 cm³/mol. The van der Waals surface area contributed by atoms with Crippen molar-refractivity contribution in [2.75, 3.05) is 49.0 Å². The van der Waals surface area contributed by atoms with Crippen LogP contribution in [-0.4, -0.2) is 51.8 Å². The van der Waals surface area contributed by atoms with Gasteiger partial charge in [0, 0.05) is 45.0 Å². The van der Waals surface area contributed by atoms with Crippen LogP contribution in [0.1, 0.15) is 44.2 Å². The second kappa shape index (κ2) is 12.0. The Hall–Kier alpha value is -2.90. The molecule has 2 amide bonds. The third kappa shape index (κ3) is 6.81. The highest BCUT2D eigenvalue weighted by atomic mass is 16.5. The van der Waals surface area contributed by atoms with Crippen LogP contribution in [0.2, 0.25) is 0 Å². The molecule has 0 saturated carbocycles. The number of urea groups is 1. The van der Waals surface area contributed by atoms with Crippen LogP contribution in [0, 0.1) is 6.92 Å². The van der Waals surface area contributed by atoms with Gasteiger partial charge in [0.05, 0.1) is 18.0 Å². The van der Waals surface area contributed by atoms with Crippen LogP contribution < -0.4 is 15.5 Å². The number of aldehydes is 1. The van der Waals surface area contributed by atoms with E-state index in [0.717, 1.165) is 54.8 Å². The first-order chi connectivity index (χ1) is 16.3. The van der Waals surface area contributed by atoms with Gasteiger partial charge in [0.15, 0.2) is 0 Å². The summed E-state index contributed by atoms with van der Waals surface area (Å²) < 4.78 is 11.0. The zero-order chi connectivity index (χ0) is 24.6. The standard InChI is InChI=1S/C27H37N3O4/c1-20-5-8-22(9-6-20)28-26(32)29-24-19-21(27(2,3)13-15-31)7-10-25(24)30(14-18-33-4)23-11-16-34-17-12-23/h5-10,15,19,23H,11-14,16-18H2,1-4H3,(H2,28,29,32). The topological polar surface area (TPSA) is 79.9 Å². The fourth-order valence-electron chi connectivity index (χ4n) is 4.24. The van der Waals surface area contributed by atoms with Crippen molar-refractivity contribution < 1.29 is 19.1 Å². The number of carbonyl (C=O) groups excluding carboxylic acids is 2. The number of carbonyl (C=O) groups is 2. The lowest BCUT2D eigenvalue weighted by Crippen LogP contribution is -2.42. The van der Waals surface area contributed by atoms with Crippen LogP contribution in [0.15, 0.2) is 42.5 Å². The van der Waals surface area contributed by atoms with Gasteiger partial charge >= 0.3 is 6.03 Å². The first kappa shape index (κ1) is 25.7. The zero-order valence-corrected chi connectivity index (χ0v) is 20.7. The van der Waals surface area contributed by atoms with Crippen molar-refractivity contribution in [1.29, 1.82) is 0 Å². The third-order valence-electron chi connectivity index (χ3n) is 6.41. The monoisotopic (exact) mass is 467 g/mol. The molecule has 0 spiro atoms. The Morgan fingerprint density at radius 1 is 1.15 bits per heavy atom. The summed E-state index contributed by atoms with van der Waals surface area (Å²) in [6.45, 7) is 8.79. The number of methoxy groups -OCH3 is 1. The molecule has 0 bridgehead atoms. The van der Waals surface area contributed by atoms with Gasteiger partial charge in [-0.15, -0.1) is 0 Å². The summed E-state index contributed by atoms with van der Waals surface area (Å²) >= 11 is 0. The van der Waals surface area contributed by atoms with Gasteiger partial charge in [-0.2, -0.15) is 0 Å². The molecule has 1 heterocycles. The fraction of sp³-hybridized carbons (Fsp3) is 0.481. The van der Waals surface area contributed by atoms with Crippen molar-refractivity contribution in [2.45, 2.75) is 51.5 Å². The number of nitrogens with zero attached hydrogens (tertiary/aromatic N) is 1. The molecule has 3 rings (SSSR count). The van der Waals surface area contributed by atoms with Crippen molar-refractivity contribution in [3.8, 4) is 0 Å². The molecule has 0 radical (unpaired) electrons. The van der Waals surface area contributed by atoms with Crippen LogP contribution >= 0.6 is 0 Å². The van der Waals surface area contributed by atoms with Crippen LogP contribution in [-0.2, 0) is 19.7 Å². The van der Waals surface area contributed by atoms with E-state index in [4.69, 9.17) is 9.47 Å². The highest BCUT2D eigenvalue weighted by Gasteiger charge is 2.27. The van der Waals surface area contributed by atoms with Crippen molar-refractivity contribution >= 4 is 29.4 Å². The van der Waals surface area contributed by atoms with Crippen LogP contribution in [0.25, 0.3) is 0 Å². The summed E-state index contributed by atoms with van der Waals surface area (Å²) in [6.07, 6.45) is 3.17. The van der Waals surface area contributed by atoms with Crippen molar-refractivity contribution in [2.24, 2.45) is 0 Å². The van der Waals surface area contributed by atoms with Gasteiger partial charge in [-0.25, -0.2) is 4.79 Å². The van der Waals surface area contributed by atoms with Gasteiger partial charge in [0.2, 0.25) is 0 Å². The molecular weight excluding hydrogens is 430 g/mol. The number of nitrogens with one attached hydrogen (secondary N) is 2. The minimum absolute atomic E-state index is 0.290. The highest BCUT2D eigenvalue weighted by Crippen LogP contribution is 2.36. The number of hydrogen-bond donors (Lipinski definition) is 2. The van der Waals surface area contributed by atoms with Crippen molar-refractivity contribution in [1.82, 2.24) is 0 Å². The second-order valence-corrected chi connectivity index (χ2v) is 9.46. The van der Waals surface area contributed by atoms with Gasteiger partial charge in [-0.3, -0.25) is 0 Å². The fourth-order valence-corrected chi connectivity index (χ4v) is 4.24. The zero-order valence-electron chi connectivity index (χ0n) is 20.7. The quantitative estimate of drug-likeness (QED) is 0.473. The molecule has 0 atom stereocenters. The van der Waals surface area contributed by atoms with Crippen LogP contribution in [0.5, 0.6) is 0 Å². The molecule has 34 heavy (non-hydrogen) atoms. The first-order valence-electron chi connectivity index (χ1n) is 11.9. The molecule has 1 fully saturated rings. The molecule has 0 aromatic heterocycles. The summed E-state index contributed by atoms with van der Waals surface area (Å²) in [5, 5.41) is 5.99. The lowest BCUT2D eigenvalue weighted by Gasteiger charge is -2.37. The number of amides is 2. The van der Waals surface area contributed by atoms with E-state index < -0.39 is 0 Å². The Bertz CT molecular complexity index is 953. The third-order valence-corrected chi connectivity index (χ3v) is 6.41. The first-order valence-corrected chi connectivity index (χ1v) is 11.9. The second-order valence-electron chi connectivity index (χ2n) is 9.46. The number of ether oxygens (including phenoxy) is 2. The number of hydrogen-bond acceptors (Lipinski definition) is 5. The highest BCUT2D eigenvalue weighted by molar-refractivity contribution is 6.02. The van der Waals surface area contributed by atoms with Crippen LogP contribution in [0.3, 0.4) is 0 Å². The van der Waals surface area contributed by atoms with Crippen molar-refractivity contribution in [3.63, 3.8) is 0 Å². The van der Waals surface area contributed by atoms with E-state index in [9.17, 15) is 9.59 Å². The van der Waals surface area contributed by atoms with E-state index in [1.807, 2.05) is 51.1 Å². The summed E-state index contributed by atoms with van der Waals surface area (Å²) in [6, 6.07) is 13.8. The number of aryl methyl sites for hydroxylation is 1. The van der Waals surface area contributed by atoms with Gasteiger partial charge < -0.3 is 29.8 Å². The summed E-state index contributed by atoms with van der Waals surface area (Å²) in [7, 11) is 1.70. The Morgan fingerprint density at radius 2 is 1.85 bits per heavy atom. The molecule has 1 aliphatic rings. The molecule has 7 nitrogen and oxygen atoms in total. The molecule has 2 aromatic rings. The van der Waals surface area contributed by atoms with E-state index in [2.05, 4.69) is 27.7 Å². The van der Waals surface area contributed by atoms with Gasteiger partial charge in [-0.05, 0) is 55.0 Å². The Kier molecular flexibility index (Phi) is 9.07. The average molecular weight is 468 g/mol. The Balaban J connectivity index is 1.94. The van der Waals surface area contributed by atoms with Gasteiger partial charge in [0.1, 0.15) is 6.29 Å². The molecular formula is C27H37N3O4. The minimum Gasteiger partial charge on any atom is -0.383 e. The molecule has 0 unspecified atom stereocenters. The molecule has 1 aliphatic heterocycles. The van der Waals surface area contributed by atoms with E-state index in [1.54, 1.807) is 7.11 Å². The summed E-state index contributed by atoms with van der Waals surface area (Å²) in [5.74, 6) is 0. The maximum Gasteiger partial charge on any atom is 0.323 e. The molecule has 1 saturated heterocycles. The molecule has 2 aromatic carbocycles.